The predicted octanol–water partition coefficient (Wildman–Crippen LogP) is 1.20. The molecular weight excluding hydrogens is 124 g/mol. The summed E-state index contributed by atoms with van der Waals surface area (Å²) in [6.45, 7) is 0. The molecule has 0 aliphatic heterocycles. The maximum absolute atomic E-state index is 5.16. The van der Waals surface area contributed by atoms with Gasteiger partial charge in [0.1, 0.15) is 5.69 Å². The molecule has 2 heteroatoms. The summed E-state index contributed by atoms with van der Waals surface area (Å²) in [6, 6.07) is 2.51. The van der Waals surface area contributed by atoms with Gasteiger partial charge in [-0.2, -0.15) is 5.10 Å². The Balaban J connectivity index is 2.29. The van der Waals surface area contributed by atoms with E-state index in [9.17, 15) is 0 Å². The smallest absolute Gasteiger partial charge is 0.134 e. The molecule has 0 amide bonds. The summed E-state index contributed by atoms with van der Waals surface area (Å²) in [6.07, 6.45) is 9.62. The molecule has 0 saturated heterocycles. The SMILES string of the molecule is C#Cc1ccn(C2CC2)n1. The number of hydrogen-bond acceptors (Lipinski definition) is 1. The quantitative estimate of drug-likeness (QED) is 0.525. The van der Waals surface area contributed by atoms with Crippen molar-refractivity contribution in [3.05, 3.63) is 18.0 Å². The van der Waals surface area contributed by atoms with E-state index in [-0.39, 0.29) is 0 Å². The molecule has 0 aromatic carbocycles. The van der Waals surface area contributed by atoms with Crippen molar-refractivity contribution in [3.8, 4) is 12.3 Å². The van der Waals surface area contributed by atoms with Gasteiger partial charge in [-0.1, -0.05) is 0 Å². The van der Waals surface area contributed by atoms with Gasteiger partial charge in [0.2, 0.25) is 0 Å². The largest absolute Gasteiger partial charge is 0.268 e. The van der Waals surface area contributed by atoms with Crippen molar-refractivity contribution in [2.75, 3.05) is 0 Å². The van der Waals surface area contributed by atoms with Gasteiger partial charge in [-0.05, 0) is 24.8 Å². The van der Waals surface area contributed by atoms with E-state index in [1.165, 1.54) is 12.8 Å². The molecule has 1 heterocycles. The Morgan fingerprint density at radius 3 is 3.00 bits per heavy atom. The van der Waals surface area contributed by atoms with Crippen LogP contribution in [0.2, 0.25) is 0 Å². The van der Waals surface area contributed by atoms with E-state index in [0.29, 0.717) is 6.04 Å². The zero-order chi connectivity index (χ0) is 6.97. The van der Waals surface area contributed by atoms with Gasteiger partial charge in [0.15, 0.2) is 0 Å². The maximum atomic E-state index is 5.16. The van der Waals surface area contributed by atoms with Crippen molar-refractivity contribution in [2.24, 2.45) is 0 Å². The number of aromatic nitrogens is 2. The second-order valence-corrected chi connectivity index (χ2v) is 2.56. The molecule has 10 heavy (non-hydrogen) atoms. The number of hydrogen-bond donors (Lipinski definition) is 0. The topological polar surface area (TPSA) is 17.8 Å². The minimum Gasteiger partial charge on any atom is -0.268 e. The molecule has 1 aromatic rings. The highest BCUT2D eigenvalue weighted by molar-refractivity contribution is 5.22. The van der Waals surface area contributed by atoms with Crippen LogP contribution in [0.4, 0.5) is 0 Å². The van der Waals surface area contributed by atoms with Crippen LogP contribution in [0.5, 0.6) is 0 Å². The monoisotopic (exact) mass is 132 g/mol. The van der Waals surface area contributed by atoms with Crippen LogP contribution in [0.1, 0.15) is 24.6 Å². The van der Waals surface area contributed by atoms with E-state index in [4.69, 9.17) is 6.42 Å². The van der Waals surface area contributed by atoms with Gasteiger partial charge < -0.3 is 0 Å². The van der Waals surface area contributed by atoms with Crippen LogP contribution >= 0.6 is 0 Å². The zero-order valence-electron chi connectivity index (χ0n) is 5.62. The first-order valence-corrected chi connectivity index (χ1v) is 3.42. The Morgan fingerprint density at radius 2 is 2.50 bits per heavy atom. The van der Waals surface area contributed by atoms with E-state index in [2.05, 4.69) is 11.0 Å². The molecule has 1 aliphatic carbocycles. The molecule has 0 unspecified atom stereocenters. The van der Waals surface area contributed by atoms with Crippen LogP contribution in [0.15, 0.2) is 12.3 Å². The highest BCUT2D eigenvalue weighted by Gasteiger charge is 2.23. The van der Waals surface area contributed by atoms with Gasteiger partial charge in [0.25, 0.3) is 0 Å². The van der Waals surface area contributed by atoms with Crippen molar-refractivity contribution in [1.29, 1.82) is 0 Å². The van der Waals surface area contributed by atoms with Crippen molar-refractivity contribution in [2.45, 2.75) is 18.9 Å². The fourth-order valence-electron chi connectivity index (χ4n) is 0.957. The van der Waals surface area contributed by atoms with Crippen molar-refractivity contribution >= 4 is 0 Å². The predicted molar refractivity (Wildman–Crippen MR) is 38.4 cm³/mol. The van der Waals surface area contributed by atoms with Crippen molar-refractivity contribution in [3.63, 3.8) is 0 Å². The zero-order valence-corrected chi connectivity index (χ0v) is 5.62. The molecule has 0 radical (unpaired) electrons. The summed E-state index contributed by atoms with van der Waals surface area (Å²) in [5.74, 6) is 2.50. The first-order valence-electron chi connectivity index (χ1n) is 3.42. The second kappa shape index (κ2) is 1.88. The number of terminal acetylenes is 1. The van der Waals surface area contributed by atoms with Crippen LogP contribution in [-0.2, 0) is 0 Å². The Hall–Kier alpha value is -1.23. The minimum atomic E-state index is 0.641. The van der Waals surface area contributed by atoms with E-state index >= 15 is 0 Å². The molecule has 1 aliphatic rings. The first-order chi connectivity index (χ1) is 4.90. The Kier molecular flexibility index (Phi) is 1.04. The van der Waals surface area contributed by atoms with Crippen LogP contribution in [-0.4, -0.2) is 9.78 Å². The Morgan fingerprint density at radius 1 is 1.70 bits per heavy atom. The Bertz CT molecular complexity index is 276. The molecule has 0 bridgehead atoms. The van der Waals surface area contributed by atoms with Crippen molar-refractivity contribution < 1.29 is 0 Å². The van der Waals surface area contributed by atoms with E-state index in [1.807, 2.05) is 16.9 Å². The van der Waals surface area contributed by atoms with Gasteiger partial charge in [0.05, 0.1) is 6.04 Å². The van der Waals surface area contributed by atoms with E-state index < -0.39 is 0 Å². The standard InChI is InChI=1S/C8H8N2/c1-2-7-5-6-10(9-7)8-3-4-8/h1,5-6,8H,3-4H2. The molecule has 50 valence electrons. The lowest BCUT2D eigenvalue weighted by molar-refractivity contribution is 0.639. The molecule has 0 spiro atoms. The molecule has 1 fully saturated rings. The van der Waals surface area contributed by atoms with Gasteiger partial charge in [0, 0.05) is 6.20 Å². The third-order valence-corrected chi connectivity index (χ3v) is 1.68. The van der Waals surface area contributed by atoms with Crippen LogP contribution in [0.25, 0.3) is 0 Å². The first kappa shape index (κ1) is 5.55. The third kappa shape index (κ3) is 0.801. The fraction of sp³-hybridized carbons (Fsp3) is 0.375. The number of rotatable bonds is 1. The lowest BCUT2D eigenvalue weighted by Crippen LogP contribution is -1.93. The summed E-state index contributed by atoms with van der Waals surface area (Å²) in [5.41, 5.74) is 0.743. The highest BCUT2D eigenvalue weighted by atomic mass is 15.3. The van der Waals surface area contributed by atoms with Crippen molar-refractivity contribution in [1.82, 2.24) is 9.78 Å². The average Bonchev–Trinajstić information content (AvgIpc) is 2.70. The van der Waals surface area contributed by atoms with Gasteiger partial charge in [-0.3, -0.25) is 4.68 Å². The third-order valence-electron chi connectivity index (χ3n) is 1.68. The lowest BCUT2D eigenvalue weighted by Gasteiger charge is -1.91. The van der Waals surface area contributed by atoms with Crippen LogP contribution in [0, 0.1) is 12.3 Å². The summed E-state index contributed by atoms with van der Waals surface area (Å²) >= 11 is 0. The molecule has 1 saturated carbocycles. The normalized spacial score (nSPS) is 16.7. The molecular formula is C8H8N2. The summed E-state index contributed by atoms with van der Waals surface area (Å²) in [7, 11) is 0. The number of nitrogens with zero attached hydrogens (tertiary/aromatic N) is 2. The van der Waals surface area contributed by atoms with Gasteiger partial charge in [-0.15, -0.1) is 6.42 Å². The molecule has 1 aromatic heterocycles. The van der Waals surface area contributed by atoms with E-state index in [0.717, 1.165) is 5.69 Å². The molecule has 0 N–H and O–H groups in total. The minimum absolute atomic E-state index is 0.641. The fourth-order valence-corrected chi connectivity index (χ4v) is 0.957. The second-order valence-electron chi connectivity index (χ2n) is 2.56. The summed E-state index contributed by atoms with van der Waals surface area (Å²) in [5, 5.41) is 4.17. The molecule has 2 rings (SSSR count). The van der Waals surface area contributed by atoms with Crippen LogP contribution < -0.4 is 0 Å². The molecule has 2 nitrogen and oxygen atoms in total. The van der Waals surface area contributed by atoms with Crippen LogP contribution in [0.3, 0.4) is 0 Å². The van der Waals surface area contributed by atoms with E-state index in [1.54, 1.807) is 0 Å². The molecule has 0 atom stereocenters. The highest BCUT2D eigenvalue weighted by Crippen LogP contribution is 2.33. The lowest BCUT2D eigenvalue weighted by atomic mass is 10.5. The summed E-state index contributed by atoms with van der Waals surface area (Å²) in [4.78, 5) is 0. The maximum Gasteiger partial charge on any atom is 0.134 e. The summed E-state index contributed by atoms with van der Waals surface area (Å²) < 4.78 is 1.95. The van der Waals surface area contributed by atoms with Gasteiger partial charge in [-0.25, -0.2) is 0 Å². The van der Waals surface area contributed by atoms with Gasteiger partial charge >= 0.3 is 0 Å². The average molecular weight is 132 g/mol. The Labute approximate surface area is 59.9 Å².